The Morgan fingerprint density at radius 1 is 1.30 bits per heavy atom. The van der Waals surface area contributed by atoms with E-state index in [2.05, 4.69) is 15.3 Å². The van der Waals surface area contributed by atoms with Gasteiger partial charge in [0.1, 0.15) is 0 Å². The molecule has 7 heteroatoms. The van der Waals surface area contributed by atoms with Crippen molar-refractivity contribution in [2.75, 3.05) is 0 Å². The number of nitrogens with one attached hydrogen (secondary N) is 1. The highest BCUT2D eigenvalue weighted by atomic mass is 35.5. The summed E-state index contributed by atoms with van der Waals surface area (Å²) in [5.74, 6) is 0.678. The maximum atomic E-state index is 6.25. The molecule has 102 valence electrons. The summed E-state index contributed by atoms with van der Waals surface area (Å²) in [6.45, 7) is 1.93. The summed E-state index contributed by atoms with van der Waals surface area (Å²) in [6, 6.07) is 7.54. The van der Waals surface area contributed by atoms with Crippen LogP contribution in [0.4, 0.5) is 0 Å². The van der Waals surface area contributed by atoms with Crippen LogP contribution in [0.3, 0.4) is 0 Å². The SMILES string of the molecule is Cc1nn(C)cc1-n1c(-c2ccccc2Cl)n[nH]c1=S. The van der Waals surface area contributed by atoms with Crippen molar-refractivity contribution in [1.29, 1.82) is 0 Å². The van der Waals surface area contributed by atoms with E-state index in [9.17, 15) is 0 Å². The molecule has 0 bridgehead atoms. The number of hydrogen-bond acceptors (Lipinski definition) is 3. The standard InChI is InChI=1S/C13H12ClN5S/c1-8-11(7-18(2)17-8)19-12(15-16-13(19)20)9-5-3-4-6-10(9)14/h3-7H,1-2H3,(H,16,20). The molecule has 0 saturated heterocycles. The Hall–Kier alpha value is -1.92. The fourth-order valence-corrected chi connectivity index (χ4v) is 2.60. The van der Waals surface area contributed by atoms with Gasteiger partial charge in [0.2, 0.25) is 0 Å². The van der Waals surface area contributed by atoms with E-state index in [0.717, 1.165) is 16.9 Å². The third-order valence-corrected chi connectivity index (χ3v) is 3.62. The first-order chi connectivity index (χ1) is 9.58. The van der Waals surface area contributed by atoms with Gasteiger partial charge in [-0.25, -0.2) is 0 Å². The molecule has 3 rings (SSSR count). The predicted octanol–water partition coefficient (Wildman–Crippen LogP) is 3.29. The minimum atomic E-state index is 0.510. The third kappa shape index (κ3) is 2.07. The van der Waals surface area contributed by atoms with E-state index in [1.165, 1.54) is 0 Å². The summed E-state index contributed by atoms with van der Waals surface area (Å²) in [5, 5.41) is 12.1. The van der Waals surface area contributed by atoms with Gasteiger partial charge in [-0.2, -0.15) is 10.2 Å². The minimum absolute atomic E-state index is 0.510. The van der Waals surface area contributed by atoms with Crippen molar-refractivity contribution in [2.45, 2.75) is 6.92 Å². The van der Waals surface area contributed by atoms with Gasteiger partial charge in [0.15, 0.2) is 10.6 Å². The summed E-state index contributed by atoms with van der Waals surface area (Å²) in [5.41, 5.74) is 2.59. The van der Waals surface area contributed by atoms with E-state index in [-0.39, 0.29) is 0 Å². The lowest BCUT2D eigenvalue weighted by atomic mass is 10.2. The van der Waals surface area contributed by atoms with Crippen LogP contribution in [0, 0.1) is 11.7 Å². The normalized spacial score (nSPS) is 10.9. The van der Waals surface area contributed by atoms with E-state index < -0.39 is 0 Å². The number of halogens is 1. The first-order valence-electron chi connectivity index (χ1n) is 6.01. The Morgan fingerprint density at radius 2 is 2.05 bits per heavy atom. The lowest BCUT2D eigenvalue weighted by Gasteiger charge is -2.06. The molecule has 0 aliphatic carbocycles. The molecule has 0 atom stereocenters. The smallest absolute Gasteiger partial charge is 0.200 e. The van der Waals surface area contributed by atoms with Crippen LogP contribution in [0.5, 0.6) is 0 Å². The molecule has 3 aromatic rings. The number of nitrogens with zero attached hydrogens (tertiary/aromatic N) is 4. The third-order valence-electron chi connectivity index (χ3n) is 3.02. The van der Waals surface area contributed by atoms with E-state index in [4.69, 9.17) is 23.8 Å². The fourth-order valence-electron chi connectivity index (χ4n) is 2.15. The minimum Gasteiger partial charge on any atom is -0.273 e. The quantitative estimate of drug-likeness (QED) is 0.739. The summed E-state index contributed by atoms with van der Waals surface area (Å²) in [7, 11) is 1.87. The zero-order chi connectivity index (χ0) is 14.3. The molecule has 0 unspecified atom stereocenters. The van der Waals surface area contributed by atoms with Gasteiger partial charge >= 0.3 is 0 Å². The first-order valence-corrected chi connectivity index (χ1v) is 6.79. The van der Waals surface area contributed by atoms with E-state index in [1.54, 1.807) is 4.68 Å². The zero-order valence-electron chi connectivity index (χ0n) is 11.0. The highest BCUT2D eigenvalue weighted by Crippen LogP contribution is 2.28. The van der Waals surface area contributed by atoms with Crippen LogP contribution < -0.4 is 0 Å². The van der Waals surface area contributed by atoms with E-state index >= 15 is 0 Å². The molecule has 0 aliphatic heterocycles. The molecular formula is C13H12ClN5S. The molecule has 0 saturated carbocycles. The lowest BCUT2D eigenvalue weighted by Crippen LogP contribution is -1.98. The van der Waals surface area contributed by atoms with Crippen LogP contribution in [0.25, 0.3) is 17.1 Å². The first kappa shape index (κ1) is 13.1. The Morgan fingerprint density at radius 3 is 2.70 bits per heavy atom. The van der Waals surface area contributed by atoms with E-state index in [1.807, 2.05) is 49.0 Å². The van der Waals surface area contributed by atoms with Crippen molar-refractivity contribution in [3.8, 4) is 17.1 Å². The van der Waals surface area contributed by atoms with Crippen molar-refractivity contribution in [3.63, 3.8) is 0 Å². The second kappa shape index (κ2) is 4.88. The van der Waals surface area contributed by atoms with Crippen LogP contribution in [-0.2, 0) is 7.05 Å². The number of aryl methyl sites for hydroxylation is 2. The van der Waals surface area contributed by atoms with Crippen molar-refractivity contribution < 1.29 is 0 Å². The molecular weight excluding hydrogens is 294 g/mol. The maximum absolute atomic E-state index is 6.25. The predicted molar refractivity (Wildman–Crippen MR) is 80.7 cm³/mol. The van der Waals surface area contributed by atoms with Gasteiger partial charge in [0.25, 0.3) is 0 Å². The molecule has 5 nitrogen and oxygen atoms in total. The molecule has 0 radical (unpaired) electrons. The Kier molecular flexibility index (Phi) is 3.19. The molecule has 0 fully saturated rings. The Labute approximate surface area is 125 Å². The zero-order valence-corrected chi connectivity index (χ0v) is 12.5. The maximum Gasteiger partial charge on any atom is 0.200 e. The number of benzene rings is 1. The molecule has 0 amide bonds. The summed E-state index contributed by atoms with van der Waals surface area (Å²) >= 11 is 11.6. The van der Waals surface area contributed by atoms with Crippen molar-refractivity contribution >= 4 is 23.8 Å². The van der Waals surface area contributed by atoms with Crippen LogP contribution >= 0.6 is 23.8 Å². The Bertz CT molecular complexity index is 829. The summed E-state index contributed by atoms with van der Waals surface area (Å²) in [4.78, 5) is 0. The van der Waals surface area contributed by atoms with Crippen LogP contribution in [-0.4, -0.2) is 24.5 Å². The van der Waals surface area contributed by atoms with Gasteiger partial charge in [-0.1, -0.05) is 23.7 Å². The highest BCUT2D eigenvalue weighted by molar-refractivity contribution is 7.71. The number of H-pyrrole nitrogens is 1. The number of aromatic amines is 1. The average Bonchev–Trinajstić information content (AvgIpc) is 2.93. The average molecular weight is 306 g/mol. The summed E-state index contributed by atoms with van der Waals surface area (Å²) in [6.07, 6.45) is 1.90. The van der Waals surface area contributed by atoms with E-state index in [0.29, 0.717) is 15.6 Å². The molecule has 0 aliphatic rings. The van der Waals surface area contributed by atoms with Gasteiger partial charge in [-0.15, -0.1) is 0 Å². The lowest BCUT2D eigenvalue weighted by molar-refractivity contribution is 0.756. The van der Waals surface area contributed by atoms with Crippen molar-refractivity contribution in [2.24, 2.45) is 7.05 Å². The fraction of sp³-hybridized carbons (Fsp3) is 0.154. The molecule has 1 N–H and O–H groups in total. The van der Waals surface area contributed by atoms with Crippen molar-refractivity contribution in [3.05, 3.63) is 45.9 Å². The topological polar surface area (TPSA) is 51.4 Å². The van der Waals surface area contributed by atoms with Gasteiger partial charge < -0.3 is 0 Å². The van der Waals surface area contributed by atoms with Gasteiger partial charge in [-0.05, 0) is 31.3 Å². The number of rotatable bonds is 2. The van der Waals surface area contributed by atoms with Crippen LogP contribution in [0.15, 0.2) is 30.5 Å². The largest absolute Gasteiger partial charge is 0.273 e. The van der Waals surface area contributed by atoms with Gasteiger partial charge in [-0.3, -0.25) is 14.3 Å². The second-order valence-corrected chi connectivity index (χ2v) is 5.23. The van der Waals surface area contributed by atoms with Gasteiger partial charge in [0, 0.05) is 18.8 Å². The molecule has 0 spiro atoms. The highest BCUT2D eigenvalue weighted by Gasteiger charge is 2.16. The van der Waals surface area contributed by atoms with Gasteiger partial charge in [0.05, 0.1) is 16.4 Å². The molecule has 20 heavy (non-hydrogen) atoms. The van der Waals surface area contributed by atoms with Crippen LogP contribution in [0.1, 0.15) is 5.69 Å². The number of aromatic nitrogens is 5. The number of hydrogen-bond donors (Lipinski definition) is 1. The monoisotopic (exact) mass is 305 g/mol. The Balaban J connectivity index is 2.29. The summed E-state index contributed by atoms with van der Waals surface area (Å²) < 4.78 is 4.10. The second-order valence-electron chi connectivity index (χ2n) is 4.44. The van der Waals surface area contributed by atoms with Crippen molar-refractivity contribution in [1.82, 2.24) is 24.5 Å². The molecule has 1 aromatic carbocycles. The molecule has 2 aromatic heterocycles. The molecule has 2 heterocycles. The van der Waals surface area contributed by atoms with Crippen LogP contribution in [0.2, 0.25) is 5.02 Å².